The molecule has 100 valence electrons. The predicted octanol–water partition coefficient (Wildman–Crippen LogP) is 3.03. The van der Waals surface area contributed by atoms with E-state index >= 15 is 0 Å². The second kappa shape index (κ2) is 5.71. The van der Waals surface area contributed by atoms with Crippen LogP contribution in [0.15, 0.2) is 0 Å². The zero-order valence-corrected chi connectivity index (χ0v) is 12.0. The summed E-state index contributed by atoms with van der Waals surface area (Å²) in [6, 6.07) is 1.65. The van der Waals surface area contributed by atoms with Crippen LogP contribution in [0.25, 0.3) is 0 Å². The first-order valence-electron chi connectivity index (χ1n) is 7.58. The van der Waals surface area contributed by atoms with E-state index < -0.39 is 0 Å². The first-order valence-corrected chi connectivity index (χ1v) is 7.58. The van der Waals surface area contributed by atoms with Crippen LogP contribution in [0.5, 0.6) is 0 Å². The highest BCUT2D eigenvalue weighted by molar-refractivity contribution is 4.89. The number of nitrogens with zero attached hydrogens (tertiary/aromatic N) is 1. The third-order valence-electron chi connectivity index (χ3n) is 4.73. The van der Waals surface area contributed by atoms with E-state index in [1.807, 2.05) is 0 Å². The number of rotatable bonds is 4. The largest absolute Gasteiger partial charge is 0.313 e. The monoisotopic (exact) mass is 238 g/mol. The number of hydrogen-bond donors (Lipinski definition) is 1. The number of likely N-dealkylation sites (tertiary alicyclic amines) is 1. The molecule has 0 bridgehead atoms. The third kappa shape index (κ3) is 3.69. The van der Waals surface area contributed by atoms with E-state index in [4.69, 9.17) is 0 Å². The lowest BCUT2D eigenvalue weighted by molar-refractivity contribution is 0.125. The van der Waals surface area contributed by atoms with Gasteiger partial charge in [0, 0.05) is 25.2 Å². The number of nitrogens with one attached hydrogen (secondary N) is 1. The highest BCUT2D eigenvalue weighted by atomic mass is 15.2. The molecule has 1 N–H and O–H groups in total. The Labute approximate surface area is 107 Å². The van der Waals surface area contributed by atoms with Crippen LogP contribution in [0, 0.1) is 5.41 Å². The van der Waals surface area contributed by atoms with Gasteiger partial charge in [-0.15, -0.1) is 0 Å². The summed E-state index contributed by atoms with van der Waals surface area (Å²) < 4.78 is 0. The van der Waals surface area contributed by atoms with Crippen molar-refractivity contribution in [2.45, 2.75) is 71.4 Å². The standard InChI is InChI=1S/C15H30N2/c1-4-10-16-13-7-11-17(12-13)14-5-8-15(2,3)9-6-14/h13-14,16H,4-12H2,1-3H3. The Hall–Kier alpha value is -0.0800. The van der Waals surface area contributed by atoms with Crippen LogP contribution < -0.4 is 5.32 Å². The zero-order valence-electron chi connectivity index (χ0n) is 12.0. The van der Waals surface area contributed by atoms with Crippen LogP contribution in [0.4, 0.5) is 0 Å². The molecule has 1 heterocycles. The Balaban J connectivity index is 1.74. The molecule has 1 aliphatic carbocycles. The topological polar surface area (TPSA) is 15.3 Å². The molecule has 1 atom stereocenters. The van der Waals surface area contributed by atoms with Crippen molar-refractivity contribution in [3.63, 3.8) is 0 Å². The summed E-state index contributed by atoms with van der Waals surface area (Å²) in [6.45, 7) is 10.9. The lowest BCUT2D eigenvalue weighted by Crippen LogP contribution is -2.40. The maximum atomic E-state index is 3.67. The summed E-state index contributed by atoms with van der Waals surface area (Å²) in [5.41, 5.74) is 0.607. The highest BCUT2D eigenvalue weighted by Crippen LogP contribution is 2.37. The molecule has 0 aromatic rings. The summed E-state index contributed by atoms with van der Waals surface area (Å²) in [7, 11) is 0. The van der Waals surface area contributed by atoms with Gasteiger partial charge in [0.25, 0.3) is 0 Å². The van der Waals surface area contributed by atoms with Crippen molar-refractivity contribution in [3.8, 4) is 0 Å². The molecule has 0 amide bonds. The SMILES string of the molecule is CCCNC1CCN(C2CCC(C)(C)CC2)C1. The second-order valence-corrected chi connectivity index (χ2v) is 6.83. The van der Waals surface area contributed by atoms with Gasteiger partial charge < -0.3 is 5.32 Å². The van der Waals surface area contributed by atoms with Gasteiger partial charge in [0.1, 0.15) is 0 Å². The van der Waals surface area contributed by atoms with Gasteiger partial charge in [0.15, 0.2) is 0 Å². The van der Waals surface area contributed by atoms with Gasteiger partial charge >= 0.3 is 0 Å². The molecule has 2 heteroatoms. The molecule has 1 aliphatic heterocycles. The maximum absolute atomic E-state index is 3.67. The lowest BCUT2D eigenvalue weighted by Gasteiger charge is -2.38. The quantitative estimate of drug-likeness (QED) is 0.810. The van der Waals surface area contributed by atoms with Gasteiger partial charge in [-0.25, -0.2) is 0 Å². The molecule has 2 rings (SSSR count). The normalized spacial score (nSPS) is 30.9. The molecule has 1 saturated carbocycles. The maximum Gasteiger partial charge on any atom is 0.0207 e. The van der Waals surface area contributed by atoms with Crippen molar-refractivity contribution in [1.82, 2.24) is 10.2 Å². The van der Waals surface area contributed by atoms with Crippen LogP contribution >= 0.6 is 0 Å². The molecule has 1 unspecified atom stereocenters. The predicted molar refractivity (Wildman–Crippen MR) is 74.3 cm³/mol. The smallest absolute Gasteiger partial charge is 0.0207 e. The van der Waals surface area contributed by atoms with Crippen LogP contribution in [0.3, 0.4) is 0 Å². The van der Waals surface area contributed by atoms with Gasteiger partial charge in [-0.2, -0.15) is 0 Å². The molecule has 2 fully saturated rings. The summed E-state index contributed by atoms with van der Waals surface area (Å²) in [6.07, 6.45) is 8.30. The Morgan fingerprint density at radius 3 is 2.53 bits per heavy atom. The summed E-state index contributed by atoms with van der Waals surface area (Å²) in [5, 5.41) is 3.67. The van der Waals surface area contributed by atoms with Gasteiger partial charge in [-0.3, -0.25) is 4.90 Å². The van der Waals surface area contributed by atoms with E-state index in [0.29, 0.717) is 5.41 Å². The molecule has 2 nitrogen and oxygen atoms in total. The fraction of sp³-hybridized carbons (Fsp3) is 1.00. The Morgan fingerprint density at radius 1 is 1.18 bits per heavy atom. The second-order valence-electron chi connectivity index (χ2n) is 6.83. The molecular formula is C15H30N2. The van der Waals surface area contributed by atoms with E-state index in [2.05, 4.69) is 31.0 Å². The Bertz CT molecular complexity index is 227. The summed E-state index contributed by atoms with van der Waals surface area (Å²) in [4.78, 5) is 2.75. The molecule has 0 spiro atoms. The molecule has 0 aromatic heterocycles. The lowest BCUT2D eigenvalue weighted by atomic mass is 9.75. The van der Waals surface area contributed by atoms with Crippen molar-refractivity contribution in [2.24, 2.45) is 5.41 Å². The minimum Gasteiger partial charge on any atom is -0.313 e. The molecule has 0 aromatic carbocycles. The van der Waals surface area contributed by atoms with Gasteiger partial charge in [-0.05, 0) is 50.5 Å². The first kappa shape index (κ1) is 13.4. The zero-order chi connectivity index (χ0) is 12.3. The molecule has 1 saturated heterocycles. The average molecular weight is 238 g/mol. The van der Waals surface area contributed by atoms with Gasteiger partial charge in [0.2, 0.25) is 0 Å². The van der Waals surface area contributed by atoms with Crippen LogP contribution in [-0.2, 0) is 0 Å². The summed E-state index contributed by atoms with van der Waals surface area (Å²) >= 11 is 0. The molecule has 17 heavy (non-hydrogen) atoms. The van der Waals surface area contributed by atoms with E-state index in [-0.39, 0.29) is 0 Å². The Morgan fingerprint density at radius 2 is 1.88 bits per heavy atom. The van der Waals surface area contributed by atoms with Gasteiger partial charge in [-0.1, -0.05) is 20.8 Å². The first-order chi connectivity index (χ1) is 8.11. The third-order valence-corrected chi connectivity index (χ3v) is 4.73. The molecular weight excluding hydrogens is 208 g/mol. The van der Waals surface area contributed by atoms with E-state index in [1.54, 1.807) is 0 Å². The number of hydrogen-bond acceptors (Lipinski definition) is 2. The highest BCUT2D eigenvalue weighted by Gasteiger charge is 2.33. The van der Waals surface area contributed by atoms with Crippen LogP contribution in [0.2, 0.25) is 0 Å². The van der Waals surface area contributed by atoms with Crippen molar-refractivity contribution in [2.75, 3.05) is 19.6 Å². The van der Waals surface area contributed by atoms with Crippen molar-refractivity contribution in [3.05, 3.63) is 0 Å². The average Bonchev–Trinajstić information content (AvgIpc) is 2.75. The van der Waals surface area contributed by atoms with Crippen LogP contribution in [0.1, 0.15) is 59.3 Å². The summed E-state index contributed by atoms with van der Waals surface area (Å²) in [5.74, 6) is 0. The van der Waals surface area contributed by atoms with Gasteiger partial charge in [0.05, 0.1) is 0 Å². The van der Waals surface area contributed by atoms with Crippen LogP contribution in [-0.4, -0.2) is 36.6 Å². The minimum absolute atomic E-state index is 0.607. The van der Waals surface area contributed by atoms with E-state index in [9.17, 15) is 0 Å². The Kier molecular flexibility index (Phi) is 4.48. The minimum atomic E-state index is 0.607. The van der Waals surface area contributed by atoms with Crippen molar-refractivity contribution < 1.29 is 0 Å². The molecule has 0 radical (unpaired) electrons. The van der Waals surface area contributed by atoms with E-state index in [0.717, 1.165) is 12.1 Å². The van der Waals surface area contributed by atoms with E-state index in [1.165, 1.54) is 58.2 Å². The van der Waals surface area contributed by atoms with Crippen molar-refractivity contribution in [1.29, 1.82) is 0 Å². The van der Waals surface area contributed by atoms with Crippen molar-refractivity contribution >= 4 is 0 Å². The molecule has 2 aliphatic rings. The fourth-order valence-corrected chi connectivity index (χ4v) is 3.38. The fourth-order valence-electron chi connectivity index (χ4n) is 3.38.